The van der Waals surface area contributed by atoms with Crippen molar-refractivity contribution in [1.82, 2.24) is 4.72 Å². The van der Waals surface area contributed by atoms with Crippen LogP contribution in [-0.2, 0) is 24.3 Å². The zero-order valence-corrected chi connectivity index (χ0v) is 14.1. The van der Waals surface area contributed by atoms with Crippen molar-refractivity contribution in [1.29, 1.82) is 0 Å². The number of anilines is 1. The Balaban J connectivity index is 1.82. The van der Waals surface area contributed by atoms with E-state index in [0.29, 0.717) is 0 Å². The fourth-order valence-electron chi connectivity index (χ4n) is 1.82. The molecule has 10 heteroatoms. The summed E-state index contributed by atoms with van der Waals surface area (Å²) in [5.41, 5.74) is -0.0830. The number of carbonyl (C=O) groups is 2. The number of hydrogen-bond donors (Lipinski definition) is 2. The van der Waals surface area contributed by atoms with E-state index in [1.54, 1.807) is 0 Å². The first kappa shape index (κ1) is 19.5. The molecule has 0 aliphatic carbocycles. The zero-order valence-electron chi connectivity index (χ0n) is 13.2. The van der Waals surface area contributed by atoms with Crippen LogP contribution in [0.2, 0.25) is 0 Å². The van der Waals surface area contributed by atoms with Gasteiger partial charge in [0, 0.05) is 0 Å². The molecule has 2 aromatic carbocycles. The normalized spacial score (nSPS) is 11.0. The minimum atomic E-state index is -4.11. The van der Waals surface area contributed by atoms with Crippen LogP contribution in [0.3, 0.4) is 0 Å². The molecule has 0 atom stereocenters. The summed E-state index contributed by atoms with van der Waals surface area (Å²) in [5, 5.41) is 2.20. The highest BCUT2D eigenvalue weighted by molar-refractivity contribution is 7.89. The summed E-state index contributed by atoms with van der Waals surface area (Å²) in [6, 6.07) is 9.62. The standard InChI is InChI=1S/C16H14F2N2O5S/c17-11-4-3-5-12(8-11)26(23,24)19-9-16(22)25-10-15(21)20-14-7-2-1-6-13(14)18/h1-8,19H,9-10H2,(H,20,21). The molecule has 2 rings (SSSR count). The lowest BCUT2D eigenvalue weighted by atomic mass is 10.3. The van der Waals surface area contributed by atoms with Gasteiger partial charge in [0.25, 0.3) is 5.91 Å². The SMILES string of the molecule is O=C(COC(=O)CNS(=O)(=O)c1cccc(F)c1)Nc1ccccc1F. The smallest absolute Gasteiger partial charge is 0.321 e. The number of para-hydroxylation sites is 1. The van der Waals surface area contributed by atoms with E-state index in [-0.39, 0.29) is 10.6 Å². The predicted octanol–water partition coefficient (Wildman–Crippen LogP) is 1.42. The Morgan fingerprint density at radius 2 is 1.77 bits per heavy atom. The van der Waals surface area contributed by atoms with Crippen molar-refractivity contribution in [2.45, 2.75) is 4.90 Å². The predicted molar refractivity (Wildman–Crippen MR) is 87.6 cm³/mol. The van der Waals surface area contributed by atoms with Crippen molar-refractivity contribution in [3.63, 3.8) is 0 Å². The Morgan fingerprint density at radius 3 is 2.46 bits per heavy atom. The monoisotopic (exact) mass is 384 g/mol. The minimum Gasteiger partial charge on any atom is -0.455 e. The van der Waals surface area contributed by atoms with E-state index < -0.39 is 46.7 Å². The Labute approximate surface area is 148 Å². The second-order valence-corrected chi connectivity index (χ2v) is 6.74. The highest BCUT2D eigenvalue weighted by Gasteiger charge is 2.17. The maximum absolute atomic E-state index is 13.4. The number of halogens is 2. The number of rotatable bonds is 7. The molecule has 26 heavy (non-hydrogen) atoms. The van der Waals surface area contributed by atoms with Crippen molar-refractivity contribution in [3.8, 4) is 0 Å². The number of benzene rings is 2. The summed E-state index contributed by atoms with van der Waals surface area (Å²) in [4.78, 5) is 22.8. The molecule has 2 N–H and O–H groups in total. The number of amides is 1. The van der Waals surface area contributed by atoms with Gasteiger partial charge < -0.3 is 10.1 Å². The molecule has 1 amide bonds. The lowest BCUT2D eigenvalue weighted by Crippen LogP contribution is -2.32. The highest BCUT2D eigenvalue weighted by atomic mass is 32.2. The fraction of sp³-hybridized carbons (Fsp3) is 0.125. The van der Waals surface area contributed by atoms with Gasteiger partial charge in [0.05, 0.1) is 10.6 Å². The van der Waals surface area contributed by atoms with E-state index in [2.05, 4.69) is 10.1 Å². The molecule has 0 radical (unpaired) electrons. The molecule has 0 saturated heterocycles. The van der Waals surface area contributed by atoms with Crippen LogP contribution < -0.4 is 10.0 Å². The minimum absolute atomic E-state index is 0.0830. The Bertz CT molecular complexity index is 918. The summed E-state index contributed by atoms with van der Waals surface area (Å²) in [7, 11) is -4.11. The van der Waals surface area contributed by atoms with Gasteiger partial charge in [0.15, 0.2) is 6.61 Å². The summed E-state index contributed by atoms with van der Waals surface area (Å²) < 4.78 is 56.7. The molecule has 2 aromatic rings. The van der Waals surface area contributed by atoms with Gasteiger partial charge in [0.1, 0.15) is 18.2 Å². The number of ether oxygens (including phenoxy) is 1. The number of nitrogens with one attached hydrogen (secondary N) is 2. The van der Waals surface area contributed by atoms with E-state index in [9.17, 15) is 26.8 Å². The average Bonchev–Trinajstić information content (AvgIpc) is 2.60. The first-order chi connectivity index (χ1) is 12.3. The van der Waals surface area contributed by atoms with Crippen LogP contribution in [0, 0.1) is 11.6 Å². The third-order valence-corrected chi connectivity index (χ3v) is 4.42. The molecule has 138 valence electrons. The van der Waals surface area contributed by atoms with Crippen molar-refractivity contribution in [2.75, 3.05) is 18.5 Å². The van der Waals surface area contributed by atoms with Crippen molar-refractivity contribution in [3.05, 3.63) is 60.2 Å². The molecule has 0 aliphatic rings. The lowest BCUT2D eigenvalue weighted by molar-refractivity contribution is -0.146. The van der Waals surface area contributed by atoms with Crippen LogP contribution in [0.1, 0.15) is 0 Å². The molecule has 7 nitrogen and oxygen atoms in total. The van der Waals surface area contributed by atoms with E-state index in [1.807, 2.05) is 4.72 Å². The highest BCUT2D eigenvalue weighted by Crippen LogP contribution is 2.12. The first-order valence-corrected chi connectivity index (χ1v) is 8.71. The van der Waals surface area contributed by atoms with Gasteiger partial charge >= 0.3 is 5.97 Å². The molecule has 0 saturated carbocycles. The Morgan fingerprint density at radius 1 is 1.04 bits per heavy atom. The zero-order chi connectivity index (χ0) is 19.2. The van der Waals surface area contributed by atoms with Crippen LogP contribution in [0.15, 0.2) is 53.4 Å². The summed E-state index contributed by atoms with van der Waals surface area (Å²) in [6.45, 7) is -1.49. The largest absolute Gasteiger partial charge is 0.455 e. The van der Waals surface area contributed by atoms with Crippen LogP contribution in [0.4, 0.5) is 14.5 Å². The van der Waals surface area contributed by atoms with Crippen LogP contribution >= 0.6 is 0 Å². The molecule has 0 heterocycles. The van der Waals surface area contributed by atoms with E-state index in [0.717, 1.165) is 24.3 Å². The molecular formula is C16H14F2N2O5S. The van der Waals surface area contributed by atoms with Crippen molar-refractivity contribution >= 4 is 27.6 Å². The molecule has 0 unspecified atom stereocenters. The summed E-state index contributed by atoms with van der Waals surface area (Å²) in [5.74, 6) is -3.24. The van der Waals surface area contributed by atoms with Crippen molar-refractivity contribution in [2.24, 2.45) is 0 Å². The summed E-state index contributed by atoms with van der Waals surface area (Å²) in [6.07, 6.45) is 0. The molecule has 0 bridgehead atoms. The van der Waals surface area contributed by atoms with Gasteiger partial charge in [0.2, 0.25) is 10.0 Å². The topological polar surface area (TPSA) is 102 Å². The molecular weight excluding hydrogens is 370 g/mol. The van der Waals surface area contributed by atoms with Gasteiger partial charge in [-0.25, -0.2) is 17.2 Å². The molecule has 0 aromatic heterocycles. The van der Waals surface area contributed by atoms with Crippen LogP contribution in [-0.4, -0.2) is 33.4 Å². The van der Waals surface area contributed by atoms with Crippen LogP contribution in [0.5, 0.6) is 0 Å². The number of hydrogen-bond acceptors (Lipinski definition) is 5. The Hall–Kier alpha value is -2.85. The first-order valence-electron chi connectivity index (χ1n) is 7.23. The number of esters is 1. The maximum Gasteiger partial charge on any atom is 0.321 e. The summed E-state index contributed by atoms with van der Waals surface area (Å²) >= 11 is 0. The maximum atomic E-state index is 13.4. The molecule has 0 aliphatic heterocycles. The number of carbonyl (C=O) groups excluding carboxylic acids is 2. The van der Waals surface area contributed by atoms with Crippen molar-refractivity contribution < 1.29 is 31.5 Å². The molecule has 0 fully saturated rings. The molecule has 0 spiro atoms. The second kappa shape index (κ2) is 8.50. The van der Waals surface area contributed by atoms with E-state index >= 15 is 0 Å². The third kappa shape index (κ3) is 5.60. The van der Waals surface area contributed by atoms with Crippen LogP contribution in [0.25, 0.3) is 0 Å². The van der Waals surface area contributed by atoms with Gasteiger partial charge in [-0.2, -0.15) is 4.72 Å². The number of sulfonamides is 1. The average molecular weight is 384 g/mol. The van der Waals surface area contributed by atoms with E-state index in [4.69, 9.17) is 0 Å². The Kier molecular flexibility index (Phi) is 6.36. The third-order valence-electron chi connectivity index (χ3n) is 3.03. The lowest BCUT2D eigenvalue weighted by Gasteiger charge is -2.08. The quantitative estimate of drug-likeness (QED) is 0.703. The van der Waals surface area contributed by atoms with Gasteiger partial charge in [-0.15, -0.1) is 0 Å². The van der Waals surface area contributed by atoms with E-state index in [1.165, 1.54) is 24.3 Å². The van der Waals surface area contributed by atoms with Gasteiger partial charge in [-0.05, 0) is 30.3 Å². The fourth-order valence-corrected chi connectivity index (χ4v) is 2.82. The second-order valence-electron chi connectivity index (χ2n) is 4.97. The van der Waals surface area contributed by atoms with Gasteiger partial charge in [-0.1, -0.05) is 18.2 Å². The van der Waals surface area contributed by atoms with Gasteiger partial charge in [-0.3, -0.25) is 9.59 Å².